The minimum absolute atomic E-state index is 0.607. The van der Waals surface area contributed by atoms with Crippen LogP contribution in [0.4, 0.5) is 11.4 Å². The Bertz CT molecular complexity index is 462. The summed E-state index contributed by atoms with van der Waals surface area (Å²) in [5.74, 6) is 0.607. The van der Waals surface area contributed by atoms with Gasteiger partial charge in [0, 0.05) is 6.54 Å². The summed E-state index contributed by atoms with van der Waals surface area (Å²) < 4.78 is 1.14. The molecule has 0 unspecified atom stereocenters. The lowest BCUT2D eigenvalue weighted by Gasteiger charge is -2.11. The lowest BCUT2D eigenvalue weighted by molar-refractivity contribution is 0.689. The monoisotopic (exact) mass is 221 g/mol. The van der Waals surface area contributed by atoms with Crippen LogP contribution in [0.25, 0.3) is 10.2 Å². The van der Waals surface area contributed by atoms with Gasteiger partial charge < -0.3 is 11.1 Å². The molecule has 0 saturated carbocycles. The second-order valence-corrected chi connectivity index (χ2v) is 4.89. The van der Waals surface area contributed by atoms with Crippen LogP contribution in [-0.4, -0.2) is 11.5 Å². The predicted octanol–water partition coefficient (Wildman–Crippen LogP) is 2.95. The van der Waals surface area contributed by atoms with E-state index < -0.39 is 0 Å². The summed E-state index contributed by atoms with van der Waals surface area (Å²) >= 11 is 1.62. The standard InChI is InChI=1S/C11H15N3S/c1-7(2)5-13-8-3-4-9-11(10(8)12)14-6-15-9/h3-4,6-7,13H,5,12H2,1-2H3. The van der Waals surface area contributed by atoms with Crippen LogP contribution in [0.15, 0.2) is 17.6 Å². The predicted molar refractivity (Wildman–Crippen MR) is 67.4 cm³/mol. The first-order valence-corrected chi connectivity index (χ1v) is 5.92. The number of hydrogen-bond acceptors (Lipinski definition) is 4. The van der Waals surface area contributed by atoms with E-state index in [0.29, 0.717) is 5.92 Å². The highest BCUT2D eigenvalue weighted by molar-refractivity contribution is 7.16. The van der Waals surface area contributed by atoms with Gasteiger partial charge in [-0.05, 0) is 18.1 Å². The molecular weight excluding hydrogens is 206 g/mol. The van der Waals surface area contributed by atoms with Crippen molar-refractivity contribution in [1.29, 1.82) is 0 Å². The third-order valence-corrected chi connectivity index (χ3v) is 3.04. The smallest absolute Gasteiger partial charge is 0.106 e. The number of nitrogen functional groups attached to an aromatic ring is 1. The van der Waals surface area contributed by atoms with Crippen LogP contribution in [-0.2, 0) is 0 Å². The van der Waals surface area contributed by atoms with E-state index in [9.17, 15) is 0 Å². The van der Waals surface area contributed by atoms with Gasteiger partial charge in [0.25, 0.3) is 0 Å². The largest absolute Gasteiger partial charge is 0.395 e. The minimum Gasteiger partial charge on any atom is -0.395 e. The van der Waals surface area contributed by atoms with Gasteiger partial charge in [-0.1, -0.05) is 13.8 Å². The average molecular weight is 221 g/mol. The number of aromatic nitrogens is 1. The molecule has 2 rings (SSSR count). The fourth-order valence-electron chi connectivity index (χ4n) is 1.42. The SMILES string of the molecule is CC(C)CNc1ccc2scnc2c1N. The molecule has 80 valence electrons. The topological polar surface area (TPSA) is 50.9 Å². The first-order chi connectivity index (χ1) is 7.18. The molecule has 3 N–H and O–H groups in total. The van der Waals surface area contributed by atoms with Crippen LogP contribution in [0.3, 0.4) is 0 Å². The second kappa shape index (κ2) is 4.06. The molecule has 4 heteroatoms. The molecule has 0 fully saturated rings. The third-order valence-electron chi connectivity index (χ3n) is 2.24. The van der Waals surface area contributed by atoms with Crippen molar-refractivity contribution in [1.82, 2.24) is 4.98 Å². The minimum atomic E-state index is 0.607. The molecule has 1 heterocycles. The zero-order valence-electron chi connectivity index (χ0n) is 8.95. The molecule has 1 aromatic heterocycles. The Labute approximate surface area is 93.3 Å². The van der Waals surface area contributed by atoms with Crippen molar-refractivity contribution in [2.75, 3.05) is 17.6 Å². The number of fused-ring (bicyclic) bond motifs is 1. The normalized spacial score (nSPS) is 11.1. The summed E-state index contributed by atoms with van der Waals surface area (Å²) in [4.78, 5) is 4.26. The molecule has 0 spiro atoms. The quantitative estimate of drug-likeness (QED) is 0.783. The summed E-state index contributed by atoms with van der Waals surface area (Å²) in [6.45, 7) is 5.27. The summed E-state index contributed by atoms with van der Waals surface area (Å²) in [5, 5.41) is 3.33. The Morgan fingerprint density at radius 2 is 2.27 bits per heavy atom. The van der Waals surface area contributed by atoms with E-state index in [1.54, 1.807) is 11.3 Å². The van der Waals surface area contributed by atoms with Gasteiger partial charge in [-0.25, -0.2) is 4.98 Å². The van der Waals surface area contributed by atoms with E-state index in [2.05, 4.69) is 30.2 Å². The van der Waals surface area contributed by atoms with Gasteiger partial charge in [-0.15, -0.1) is 11.3 Å². The molecule has 0 saturated heterocycles. The molecule has 0 aliphatic heterocycles. The number of nitrogens with two attached hydrogens (primary N) is 1. The Balaban J connectivity index is 2.31. The van der Waals surface area contributed by atoms with Crippen molar-refractivity contribution in [3.8, 4) is 0 Å². The highest BCUT2D eigenvalue weighted by atomic mass is 32.1. The second-order valence-electron chi connectivity index (χ2n) is 4.00. The fraction of sp³-hybridized carbons (Fsp3) is 0.364. The number of rotatable bonds is 3. The van der Waals surface area contributed by atoms with Crippen molar-refractivity contribution < 1.29 is 0 Å². The highest BCUT2D eigenvalue weighted by Gasteiger charge is 2.06. The van der Waals surface area contributed by atoms with Crippen LogP contribution >= 0.6 is 11.3 Å². The highest BCUT2D eigenvalue weighted by Crippen LogP contribution is 2.29. The molecule has 0 aliphatic carbocycles. The Morgan fingerprint density at radius 1 is 1.47 bits per heavy atom. The Hall–Kier alpha value is -1.29. The van der Waals surface area contributed by atoms with Crippen molar-refractivity contribution in [2.24, 2.45) is 5.92 Å². The van der Waals surface area contributed by atoms with Gasteiger partial charge in [0.1, 0.15) is 5.52 Å². The first kappa shape index (κ1) is 10.2. The third kappa shape index (κ3) is 2.04. The number of anilines is 2. The maximum atomic E-state index is 6.03. The van der Waals surface area contributed by atoms with E-state index in [-0.39, 0.29) is 0 Å². The lowest BCUT2D eigenvalue weighted by atomic mass is 10.2. The van der Waals surface area contributed by atoms with Gasteiger partial charge in [-0.3, -0.25) is 0 Å². The van der Waals surface area contributed by atoms with Gasteiger partial charge >= 0.3 is 0 Å². The van der Waals surface area contributed by atoms with Crippen molar-refractivity contribution >= 4 is 32.9 Å². The van der Waals surface area contributed by atoms with Crippen LogP contribution in [0.1, 0.15) is 13.8 Å². The van der Waals surface area contributed by atoms with Crippen LogP contribution in [0.2, 0.25) is 0 Å². The van der Waals surface area contributed by atoms with Gasteiger partial charge in [0.2, 0.25) is 0 Å². The zero-order valence-corrected chi connectivity index (χ0v) is 9.77. The molecule has 0 amide bonds. The summed E-state index contributed by atoms with van der Waals surface area (Å²) in [6, 6.07) is 4.09. The molecule has 0 radical (unpaired) electrons. The molecule has 15 heavy (non-hydrogen) atoms. The van der Waals surface area contributed by atoms with Crippen molar-refractivity contribution in [2.45, 2.75) is 13.8 Å². The maximum absolute atomic E-state index is 6.03. The molecule has 0 bridgehead atoms. The van der Waals surface area contributed by atoms with E-state index in [4.69, 9.17) is 5.73 Å². The van der Waals surface area contributed by atoms with E-state index in [0.717, 1.165) is 28.1 Å². The summed E-state index contributed by atoms with van der Waals surface area (Å²) in [5.41, 5.74) is 10.5. The number of hydrogen-bond donors (Lipinski definition) is 2. The number of benzene rings is 1. The average Bonchev–Trinajstić information content (AvgIpc) is 2.65. The fourth-order valence-corrected chi connectivity index (χ4v) is 2.11. The molecule has 0 atom stereocenters. The first-order valence-electron chi connectivity index (χ1n) is 5.04. The van der Waals surface area contributed by atoms with Crippen LogP contribution in [0, 0.1) is 5.92 Å². The van der Waals surface area contributed by atoms with E-state index in [1.807, 2.05) is 11.6 Å². The van der Waals surface area contributed by atoms with E-state index in [1.165, 1.54) is 0 Å². The van der Waals surface area contributed by atoms with E-state index >= 15 is 0 Å². The number of thiazole rings is 1. The molecular formula is C11H15N3S. The summed E-state index contributed by atoms with van der Waals surface area (Å²) in [6.07, 6.45) is 0. The number of nitrogens with one attached hydrogen (secondary N) is 1. The van der Waals surface area contributed by atoms with Crippen molar-refractivity contribution in [3.63, 3.8) is 0 Å². The Kier molecular flexibility index (Phi) is 2.77. The van der Waals surface area contributed by atoms with Crippen molar-refractivity contribution in [3.05, 3.63) is 17.6 Å². The van der Waals surface area contributed by atoms with Crippen LogP contribution < -0.4 is 11.1 Å². The lowest BCUT2D eigenvalue weighted by Crippen LogP contribution is -2.09. The molecule has 0 aliphatic rings. The molecule has 3 nitrogen and oxygen atoms in total. The van der Waals surface area contributed by atoms with Gasteiger partial charge in [-0.2, -0.15) is 0 Å². The zero-order chi connectivity index (χ0) is 10.8. The van der Waals surface area contributed by atoms with Gasteiger partial charge in [0.05, 0.1) is 21.6 Å². The van der Waals surface area contributed by atoms with Gasteiger partial charge in [0.15, 0.2) is 0 Å². The number of nitrogens with zero attached hydrogens (tertiary/aromatic N) is 1. The Morgan fingerprint density at radius 3 is 3.00 bits per heavy atom. The summed E-state index contributed by atoms with van der Waals surface area (Å²) in [7, 11) is 0. The molecule has 2 aromatic rings. The molecule has 1 aromatic carbocycles. The van der Waals surface area contributed by atoms with Crippen LogP contribution in [0.5, 0.6) is 0 Å². The maximum Gasteiger partial charge on any atom is 0.106 e.